The number of rotatable bonds is 6. The molecule has 0 saturated carbocycles. The van der Waals surface area contributed by atoms with Crippen LogP contribution in [0, 0.1) is 0 Å². The van der Waals surface area contributed by atoms with E-state index in [0.29, 0.717) is 6.54 Å². The predicted molar refractivity (Wildman–Crippen MR) is 80.3 cm³/mol. The lowest BCUT2D eigenvalue weighted by Crippen LogP contribution is -2.45. The highest BCUT2D eigenvalue weighted by atomic mass is 16.4. The number of aliphatic carboxylic acids is 1. The Kier molecular flexibility index (Phi) is 5.16. The maximum Gasteiger partial charge on any atom is 0.317 e. The number of carbonyl (C=O) groups excluding carboxylic acids is 1. The van der Waals surface area contributed by atoms with Gasteiger partial charge in [0.25, 0.3) is 0 Å². The van der Waals surface area contributed by atoms with E-state index >= 15 is 0 Å². The molecule has 1 aliphatic heterocycles. The summed E-state index contributed by atoms with van der Waals surface area (Å²) < 4.78 is 0. The summed E-state index contributed by atoms with van der Waals surface area (Å²) in [5.41, 5.74) is 2.24. The summed E-state index contributed by atoms with van der Waals surface area (Å²) in [6, 6.07) is 8.17. The van der Waals surface area contributed by atoms with Crippen molar-refractivity contribution in [3.05, 3.63) is 29.8 Å². The molecule has 1 heterocycles. The summed E-state index contributed by atoms with van der Waals surface area (Å²) in [5.74, 6) is -0.817. The molecule has 0 bridgehead atoms. The van der Waals surface area contributed by atoms with E-state index in [0.717, 1.165) is 43.8 Å². The molecule has 1 saturated heterocycles. The van der Waals surface area contributed by atoms with Crippen molar-refractivity contribution in [2.45, 2.75) is 6.54 Å². The molecule has 0 atom stereocenters. The molecule has 0 radical (unpaired) electrons. The average Bonchev–Trinajstić information content (AvgIpc) is 2.47. The van der Waals surface area contributed by atoms with E-state index in [1.54, 1.807) is 16.8 Å². The quantitative estimate of drug-likeness (QED) is 0.772. The third-order valence-electron chi connectivity index (χ3n) is 3.62. The van der Waals surface area contributed by atoms with Crippen LogP contribution >= 0.6 is 0 Å². The SMILES string of the molecule is CN(CC(=O)O)Cc1ccc(N2CCN(C=O)CC2)cc1. The fourth-order valence-corrected chi connectivity index (χ4v) is 2.50. The number of amides is 1. The number of anilines is 1. The molecule has 1 fully saturated rings. The number of likely N-dealkylation sites (N-methyl/N-ethyl adjacent to an activating group) is 1. The Balaban J connectivity index is 1.90. The molecule has 1 aliphatic rings. The number of piperazine rings is 1. The standard InChI is InChI=1S/C15H21N3O3/c1-16(11-15(20)21)10-13-2-4-14(5-3-13)18-8-6-17(12-19)7-9-18/h2-5,12H,6-11H2,1H3,(H,20,21). The van der Waals surface area contributed by atoms with E-state index in [1.165, 1.54) is 0 Å². The Labute approximate surface area is 124 Å². The van der Waals surface area contributed by atoms with Crippen LogP contribution in [0.25, 0.3) is 0 Å². The van der Waals surface area contributed by atoms with E-state index < -0.39 is 5.97 Å². The van der Waals surface area contributed by atoms with E-state index in [-0.39, 0.29) is 6.54 Å². The lowest BCUT2D eigenvalue weighted by atomic mass is 10.1. The van der Waals surface area contributed by atoms with Crippen LogP contribution in [0.4, 0.5) is 5.69 Å². The first kappa shape index (κ1) is 15.3. The summed E-state index contributed by atoms with van der Waals surface area (Å²) >= 11 is 0. The van der Waals surface area contributed by atoms with Crippen LogP contribution in [-0.4, -0.2) is 67.1 Å². The Morgan fingerprint density at radius 3 is 2.38 bits per heavy atom. The van der Waals surface area contributed by atoms with Gasteiger partial charge in [0, 0.05) is 38.4 Å². The monoisotopic (exact) mass is 291 g/mol. The van der Waals surface area contributed by atoms with E-state index in [1.807, 2.05) is 12.1 Å². The molecule has 6 heteroatoms. The molecule has 1 aromatic carbocycles. The summed E-state index contributed by atoms with van der Waals surface area (Å²) in [6.45, 7) is 3.86. The largest absolute Gasteiger partial charge is 0.480 e. The average molecular weight is 291 g/mol. The predicted octanol–water partition coefficient (Wildman–Crippen LogP) is 0.481. The van der Waals surface area contributed by atoms with Gasteiger partial charge in [-0.2, -0.15) is 0 Å². The van der Waals surface area contributed by atoms with Gasteiger partial charge in [0.1, 0.15) is 0 Å². The number of carbonyl (C=O) groups is 2. The zero-order valence-corrected chi connectivity index (χ0v) is 12.2. The van der Waals surface area contributed by atoms with Gasteiger partial charge in [-0.05, 0) is 24.7 Å². The third-order valence-corrected chi connectivity index (χ3v) is 3.62. The van der Waals surface area contributed by atoms with Gasteiger partial charge < -0.3 is 14.9 Å². The summed E-state index contributed by atoms with van der Waals surface area (Å²) in [7, 11) is 1.79. The Morgan fingerprint density at radius 1 is 1.24 bits per heavy atom. The third kappa shape index (κ3) is 4.46. The highest BCUT2D eigenvalue weighted by Crippen LogP contribution is 2.17. The van der Waals surface area contributed by atoms with Crippen LogP contribution in [0.1, 0.15) is 5.56 Å². The Morgan fingerprint density at radius 2 is 1.86 bits per heavy atom. The second-order valence-corrected chi connectivity index (χ2v) is 5.36. The minimum absolute atomic E-state index is 0.0371. The highest BCUT2D eigenvalue weighted by molar-refractivity contribution is 5.69. The van der Waals surface area contributed by atoms with Gasteiger partial charge in [-0.25, -0.2) is 0 Å². The molecule has 6 nitrogen and oxygen atoms in total. The minimum atomic E-state index is -0.817. The van der Waals surface area contributed by atoms with Gasteiger partial charge in [0.2, 0.25) is 6.41 Å². The lowest BCUT2D eigenvalue weighted by molar-refractivity contribution is -0.138. The first-order valence-corrected chi connectivity index (χ1v) is 7.02. The van der Waals surface area contributed by atoms with Crippen LogP contribution in [0.5, 0.6) is 0 Å². The van der Waals surface area contributed by atoms with Crippen LogP contribution in [0.15, 0.2) is 24.3 Å². The zero-order valence-electron chi connectivity index (χ0n) is 12.2. The van der Waals surface area contributed by atoms with Gasteiger partial charge in [0.15, 0.2) is 0 Å². The maximum atomic E-state index is 10.7. The van der Waals surface area contributed by atoms with Crippen molar-refractivity contribution in [1.82, 2.24) is 9.80 Å². The molecule has 2 rings (SSSR count). The normalized spacial score (nSPS) is 15.3. The Bertz CT molecular complexity index is 481. The smallest absolute Gasteiger partial charge is 0.317 e. The van der Waals surface area contributed by atoms with Crippen LogP contribution in [-0.2, 0) is 16.1 Å². The van der Waals surface area contributed by atoms with Crippen molar-refractivity contribution in [3.63, 3.8) is 0 Å². The molecular weight excluding hydrogens is 270 g/mol. The minimum Gasteiger partial charge on any atom is -0.480 e. The van der Waals surface area contributed by atoms with Gasteiger partial charge in [-0.1, -0.05) is 12.1 Å². The van der Waals surface area contributed by atoms with Gasteiger partial charge in [0.05, 0.1) is 6.54 Å². The van der Waals surface area contributed by atoms with Gasteiger partial charge in [-0.15, -0.1) is 0 Å². The molecule has 0 aliphatic carbocycles. The van der Waals surface area contributed by atoms with Gasteiger partial charge in [-0.3, -0.25) is 14.5 Å². The highest BCUT2D eigenvalue weighted by Gasteiger charge is 2.15. The molecule has 1 N–H and O–H groups in total. The fraction of sp³-hybridized carbons (Fsp3) is 0.467. The number of hydrogen-bond acceptors (Lipinski definition) is 4. The zero-order chi connectivity index (χ0) is 15.2. The van der Waals surface area contributed by atoms with E-state index in [4.69, 9.17) is 5.11 Å². The van der Waals surface area contributed by atoms with Crippen molar-refractivity contribution in [1.29, 1.82) is 0 Å². The summed E-state index contributed by atoms with van der Waals surface area (Å²) in [4.78, 5) is 27.1. The van der Waals surface area contributed by atoms with Crippen molar-refractivity contribution in [3.8, 4) is 0 Å². The second-order valence-electron chi connectivity index (χ2n) is 5.36. The molecule has 0 unspecified atom stereocenters. The number of hydrogen-bond donors (Lipinski definition) is 1. The molecule has 1 aromatic rings. The molecule has 0 spiro atoms. The van der Waals surface area contributed by atoms with E-state index in [2.05, 4.69) is 17.0 Å². The molecule has 114 valence electrons. The van der Waals surface area contributed by atoms with Crippen molar-refractivity contribution in [2.75, 3.05) is 44.7 Å². The van der Waals surface area contributed by atoms with Crippen molar-refractivity contribution >= 4 is 18.1 Å². The van der Waals surface area contributed by atoms with Crippen LogP contribution < -0.4 is 4.90 Å². The fourth-order valence-electron chi connectivity index (χ4n) is 2.50. The van der Waals surface area contributed by atoms with Crippen LogP contribution in [0.2, 0.25) is 0 Å². The number of nitrogens with zero attached hydrogens (tertiary/aromatic N) is 3. The molecule has 1 amide bonds. The summed E-state index contributed by atoms with van der Waals surface area (Å²) in [5, 5.41) is 8.74. The number of carboxylic acid groups (broad SMARTS) is 1. The first-order valence-electron chi connectivity index (χ1n) is 7.02. The topological polar surface area (TPSA) is 64.1 Å². The van der Waals surface area contributed by atoms with Crippen molar-refractivity contribution in [2.24, 2.45) is 0 Å². The lowest BCUT2D eigenvalue weighted by Gasteiger charge is -2.34. The molecule has 0 aromatic heterocycles. The number of benzene rings is 1. The molecule has 21 heavy (non-hydrogen) atoms. The van der Waals surface area contributed by atoms with Crippen LogP contribution in [0.3, 0.4) is 0 Å². The van der Waals surface area contributed by atoms with Crippen molar-refractivity contribution < 1.29 is 14.7 Å². The Hall–Kier alpha value is -2.08. The van der Waals surface area contributed by atoms with Gasteiger partial charge >= 0.3 is 5.97 Å². The second kappa shape index (κ2) is 7.08. The molecular formula is C15H21N3O3. The van der Waals surface area contributed by atoms with E-state index in [9.17, 15) is 9.59 Å². The summed E-state index contributed by atoms with van der Waals surface area (Å²) in [6.07, 6.45) is 0.902. The maximum absolute atomic E-state index is 10.7. The number of carboxylic acids is 1. The first-order chi connectivity index (χ1) is 10.1.